The zero-order chi connectivity index (χ0) is 11.8. The molecular formula is C9H16N4O3. The Morgan fingerprint density at radius 2 is 2.56 bits per heavy atom. The smallest absolute Gasteiger partial charge is 0.237 e. The first-order valence-electron chi connectivity index (χ1n) is 5.01. The minimum Gasteiger partial charge on any atom is -0.385 e. The van der Waals surface area contributed by atoms with Crippen molar-refractivity contribution in [1.29, 1.82) is 0 Å². The predicted molar refractivity (Wildman–Crippen MR) is 55.5 cm³/mol. The largest absolute Gasteiger partial charge is 0.385 e. The van der Waals surface area contributed by atoms with Gasteiger partial charge in [0.2, 0.25) is 12.3 Å². The fraction of sp³-hybridized carbons (Fsp3) is 0.667. The maximum absolute atomic E-state index is 11.4. The van der Waals surface area contributed by atoms with Gasteiger partial charge in [0, 0.05) is 26.7 Å². The second kappa shape index (κ2) is 6.91. The van der Waals surface area contributed by atoms with Crippen molar-refractivity contribution in [3.8, 4) is 0 Å². The van der Waals surface area contributed by atoms with Gasteiger partial charge in [-0.15, -0.1) is 0 Å². The lowest BCUT2D eigenvalue weighted by molar-refractivity contribution is -0.122. The molecular weight excluding hydrogens is 212 g/mol. The van der Waals surface area contributed by atoms with E-state index in [-0.39, 0.29) is 5.91 Å². The zero-order valence-electron chi connectivity index (χ0n) is 9.18. The molecule has 0 radical (unpaired) electrons. The van der Waals surface area contributed by atoms with Crippen molar-refractivity contribution in [2.24, 2.45) is 5.73 Å². The summed E-state index contributed by atoms with van der Waals surface area (Å²) in [6.45, 7) is 0.915. The van der Waals surface area contributed by atoms with Crippen molar-refractivity contribution in [3.05, 3.63) is 12.2 Å². The molecule has 1 rings (SSSR count). The van der Waals surface area contributed by atoms with E-state index in [0.29, 0.717) is 31.8 Å². The summed E-state index contributed by atoms with van der Waals surface area (Å²) in [7, 11) is 1.57. The normalized spacial score (nSPS) is 12.4. The molecule has 0 aliphatic heterocycles. The molecule has 1 heterocycles. The van der Waals surface area contributed by atoms with Crippen LogP contribution in [0.5, 0.6) is 0 Å². The van der Waals surface area contributed by atoms with E-state index in [1.807, 2.05) is 0 Å². The third kappa shape index (κ3) is 4.37. The number of carbonyl (C=O) groups excluding carboxylic acids is 1. The van der Waals surface area contributed by atoms with E-state index >= 15 is 0 Å². The van der Waals surface area contributed by atoms with Crippen molar-refractivity contribution in [2.45, 2.75) is 18.9 Å². The summed E-state index contributed by atoms with van der Waals surface area (Å²) in [5.74, 6) is 0.367. The van der Waals surface area contributed by atoms with Crippen LogP contribution in [0.1, 0.15) is 12.2 Å². The topological polar surface area (TPSA) is 103 Å². The Morgan fingerprint density at radius 3 is 3.19 bits per heavy atom. The summed E-state index contributed by atoms with van der Waals surface area (Å²) >= 11 is 0. The van der Waals surface area contributed by atoms with Gasteiger partial charge in [0.05, 0.1) is 6.04 Å². The number of amides is 1. The van der Waals surface area contributed by atoms with E-state index in [1.54, 1.807) is 7.11 Å². The summed E-state index contributed by atoms with van der Waals surface area (Å²) in [5.41, 5.74) is 5.62. The monoisotopic (exact) mass is 228 g/mol. The number of nitrogens with one attached hydrogen (secondary N) is 1. The van der Waals surface area contributed by atoms with Gasteiger partial charge in [-0.3, -0.25) is 4.79 Å². The highest BCUT2D eigenvalue weighted by Gasteiger charge is 2.12. The number of carbonyl (C=O) groups is 1. The van der Waals surface area contributed by atoms with E-state index in [2.05, 4.69) is 20.0 Å². The van der Waals surface area contributed by atoms with Crippen molar-refractivity contribution in [2.75, 3.05) is 20.3 Å². The van der Waals surface area contributed by atoms with Crippen LogP contribution in [0.4, 0.5) is 0 Å². The molecule has 90 valence electrons. The van der Waals surface area contributed by atoms with Gasteiger partial charge in [-0.05, 0) is 6.42 Å². The number of ether oxygens (including phenoxy) is 1. The van der Waals surface area contributed by atoms with E-state index in [0.717, 1.165) is 0 Å². The number of methoxy groups -OCH3 is 1. The number of rotatable bonds is 7. The number of nitrogens with zero attached hydrogens (tertiary/aromatic N) is 2. The van der Waals surface area contributed by atoms with Crippen LogP contribution in [0.25, 0.3) is 0 Å². The highest BCUT2D eigenvalue weighted by atomic mass is 16.5. The highest BCUT2D eigenvalue weighted by molar-refractivity contribution is 5.81. The van der Waals surface area contributed by atoms with Crippen LogP contribution in [0.15, 0.2) is 10.9 Å². The van der Waals surface area contributed by atoms with Crippen LogP contribution in [0.3, 0.4) is 0 Å². The van der Waals surface area contributed by atoms with Crippen LogP contribution >= 0.6 is 0 Å². The van der Waals surface area contributed by atoms with Crippen molar-refractivity contribution >= 4 is 5.91 Å². The lowest BCUT2D eigenvalue weighted by atomic mass is 10.2. The molecule has 1 amide bonds. The fourth-order valence-corrected chi connectivity index (χ4v) is 1.11. The van der Waals surface area contributed by atoms with E-state index in [4.69, 9.17) is 10.5 Å². The van der Waals surface area contributed by atoms with Gasteiger partial charge < -0.3 is 20.3 Å². The average molecular weight is 228 g/mol. The average Bonchev–Trinajstić information content (AvgIpc) is 2.78. The third-order valence-corrected chi connectivity index (χ3v) is 2.02. The maximum Gasteiger partial charge on any atom is 0.237 e. The quantitative estimate of drug-likeness (QED) is 0.626. The van der Waals surface area contributed by atoms with Crippen LogP contribution in [-0.2, 0) is 16.0 Å². The number of hydrogen-bond donors (Lipinski definition) is 2. The summed E-state index contributed by atoms with van der Waals surface area (Å²) in [4.78, 5) is 15.2. The molecule has 0 saturated carbocycles. The first-order chi connectivity index (χ1) is 7.74. The SMILES string of the molecule is COCCC(N)C(=O)NCCc1ncon1. The summed E-state index contributed by atoms with van der Waals surface area (Å²) in [5, 5.41) is 6.31. The molecule has 0 saturated heterocycles. The van der Waals surface area contributed by atoms with E-state index in [1.165, 1.54) is 6.39 Å². The summed E-state index contributed by atoms with van der Waals surface area (Å²) in [6.07, 6.45) is 2.28. The molecule has 1 aromatic heterocycles. The van der Waals surface area contributed by atoms with Gasteiger partial charge in [0.15, 0.2) is 5.82 Å². The lowest BCUT2D eigenvalue weighted by Crippen LogP contribution is -2.42. The lowest BCUT2D eigenvalue weighted by Gasteiger charge is -2.10. The molecule has 16 heavy (non-hydrogen) atoms. The molecule has 7 heteroatoms. The minimum absolute atomic E-state index is 0.194. The van der Waals surface area contributed by atoms with Gasteiger partial charge in [0.1, 0.15) is 0 Å². The zero-order valence-corrected chi connectivity index (χ0v) is 9.18. The van der Waals surface area contributed by atoms with E-state index < -0.39 is 6.04 Å². The van der Waals surface area contributed by atoms with Crippen LogP contribution in [0.2, 0.25) is 0 Å². The molecule has 3 N–H and O–H groups in total. The van der Waals surface area contributed by atoms with Gasteiger partial charge in [-0.25, -0.2) is 0 Å². The van der Waals surface area contributed by atoms with Gasteiger partial charge in [-0.2, -0.15) is 4.98 Å². The second-order valence-corrected chi connectivity index (χ2v) is 3.28. The molecule has 1 aromatic rings. The Balaban J connectivity index is 2.14. The van der Waals surface area contributed by atoms with Gasteiger partial charge in [-0.1, -0.05) is 5.16 Å². The van der Waals surface area contributed by atoms with Crippen LogP contribution in [0, 0.1) is 0 Å². The fourth-order valence-electron chi connectivity index (χ4n) is 1.11. The maximum atomic E-state index is 11.4. The summed E-state index contributed by atoms with van der Waals surface area (Å²) < 4.78 is 9.39. The van der Waals surface area contributed by atoms with E-state index in [9.17, 15) is 4.79 Å². The Morgan fingerprint density at radius 1 is 1.75 bits per heavy atom. The molecule has 0 aliphatic carbocycles. The third-order valence-electron chi connectivity index (χ3n) is 2.02. The molecule has 0 aromatic carbocycles. The second-order valence-electron chi connectivity index (χ2n) is 3.28. The molecule has 0 fully saturated rings. The Kier molecular flexibility index (Phi) is 5.44. The van der Waals surface area contributed by atoms with Gasteiger partial charge in [0.25, 0.3) is 0 Å². The first-order valence-corrected chi connectivity index (χ1v) is 5.01. The number of nitrogens with two attached hydrogens (primary N) is 1. The number of hydrogen-bond acceptors (Lipinski definition) is 6. The highest BCUT2D eigenvalue weighted by Crippen LogP contribution is 1.91. The van der Waals surface area contributed by atoms with Crippen LogP contribution < -0.4 is 11.1 Å². The molecule has 0 aliphatic rings. The molecule has 0 bridgehead atoms. The molecule has 0 spiro atoms. The molecule has 1 atom stereocenters. The van der Waals surface area contributed by atoms with Crippen molar-refractivity contribution < 1.29 is 14.1 Å². The molecule has 1 unspecified atom stereocenters. The van der Waals surface area contributed by atoms with Crippen LogP contribution in [-0.4, -0.2) is 42.4 Å². The Bertz CT molecular complexity index is 302. The van der Waals surface area contributed by atoms with Crippen molar-refractivity contribution in [3.63, 3.8) is 0 Å². The summed E-state index contributed by atoms with van der Waals surface area (Å²) in [6, 6.07) is -0.537. The Labute approximate surface area is 93.3 Å². The molecule has 7 nitrogen and oxygen atoms in total. The van der Waals surface area contributed by atoms with Gasteiger partial charge >= 0.3 is 0 Å². The Hall–Kier alpha value is -1.47. The van der Waals surface area contributed by atoms with Crippen molar-refractivity contribution in [1.82, 2.24) is 15.5 Å². The minimum atomic E-state index is -0.537. The number of aromatic nitrogens is 2. The first kappa shape index (κ1) is 12.6. The standard InChI is InChI=1S/C9H16N4O3/c1-15-5-3-7(10)9(14)11-4-2-8-12-6-16-13-8/h6-7H,2-5,10H2,1H3,(H,11,14). The predicted octanol–water partition coefficient (Wildman–Crippen LogP) is -0.908.